The summed E-state index contributed by atoms with van der Waals surface area (Å²) < 4.78 is 27.2. The summed E-state index contributed by atoms with van der Waals surface area (Å²) in [6, 6.07) is 3.94. The summed E-state index contributed by atoms with van der Waals surface area (Å²) in [7, 11) is 0. The van der Waals surface area contributed by atoms with Crippen molar-refractivity contribution in [3.05, 3.63) is 29.3 Å². The number of rotatable bonds is 3. The van der Waals surface area contributed by atoms with Crippen LogP contribution in [0.15, 0.2) is 12.1 Å². The van der Waals surface area contributed by atoms with Gasteiger partial charge in [0.25, 0.3) is 0 Å². The van der Waals surface area contributed by atoms with Gasteiger partial charge in [0.05, 0.1) is 6.10 Å². The van der Waals surface area contributed by atoms with Crippen LogP contribution in [0, 0.1) is 23.0 Å². The van der Waals surface area contributed by atoms with Crippen molar-refractivity contribution in [3.63, 3.8) is 0 Å². The zero-order valence-corrected chi connectivity index (χ0v) is 11.6. The van der Waals surface area contributed by atoms with E-state index in [4.69, 9.17) is 10.1 Å². The van der Waals surface area contributed by atoms with Crippen molar-refractivity contribution in [3.8, 4) is 6.07 Å². The fraction of sp³-hybridized carbons (Fsp3) is 0.500. The SMILES string of the molecule is CC(C)ON1CCN(c2cc(F)c(C#N)c(F)c2)CC1. The van der Waals surface area contributed by atoms with E-state index in [-0.39, 0.29) is 6.10 Å². The van der Waals surface area contributed by atoms with Crippen molar-refractivity contribution in [2.45, 2.75) is 20.0 Å². The molecule has 1 aromatic carbocycles. The first kappa shape index (κ1) is 14.7. The number of hydrogen-bond acceptors (Lipinski definition) is 4. The normalized spacial score (nSPS) is 16.5. The summed E-state index contributed by atoms with van der Waals surface area (Å²) in [6.45, 7) is 6.49. The Balaban J connectivity index is 2.06. The molecule has 2 rings (SSSR count). The van der Waals surface area contributed by atoms with Crippen LogP contribution in [-0.4, -0.2) is 37.3 Å². The fourth-order valence-electron chi connectivity index (χ4n) is 2.20. The zero-order chi connectivity index (χ0) is 14.7. The number of hydroxylamine groups is 2. The van der Waals surface area contributed by atoms with Gasteiger partial charge in [-0.05, 0) is 26.0 Å². The third kappa shape index (κ3) is 3.24. The molecule has 1 saturated heterocycles. The van der Waals surface area contributed by atoms with E-state index in [1.54, 1.807) is 0 Å². The van der Waals surface area contributed by atoms with Crippen molar-refractivity contribution in [1.29, 1.82) is 5.26 Å². The number of hydrogen-bond donors (Lipinski definition) is 0. The third-order valence-electron chi connectivity index (χ3n) is 3.10. The molecule has 6 heteroatoms. The van der Waals surface area contributed by atoms with Crippen LogP contribution in [0.2, 0.25) is 0 Å². The lowest BCUT2D eigenvalue weighted by molar-refractivity contribution is -0.189. The summed E-state index contributed by atoms with van der Waals surface area (Å²) in [5.41, 5.74) is -0.0706. The molecule has 1 aromatic rings. The van der Waals surface area contributed by atoms with E-state index in [9.17, 15) is 8.78 Å². The van der Waals surface area contributed by atoms with Gasteiger partial charge in [-0.2, -0.15) is 10.3 Å². The summed E-state index contributed by atoms with van der Waals surface area (Å²) in [6.07, 6.45) is 0.117. The average Bonchev–Trinajstić information content (AvgIpc) is 2.38. The van der Waals surface area contributed by atoms with Gasteiger partial charge < -0.3 is 4.90 Å². The molecule has 0 aromatic heterocycles. The predicted molar refractivity (Wildman–Crippen MR) is 71.1 cm³/mol. The van der Waals surface area contributed by atoms with Crippen LogP contribution in [0.5, 0.6) is 0 Å². The van der Waals surface area contributed by atoms with Gasteiger partial charge in [-0.25, -0.2) is 8.78 Å². The maximum atomic E-state index is 13.6. The van der Waals surface area contributed by atoms with Crippen LogP contribution in [0.25, 0.3) is 0 Å². The first-order valence-electron chi connectivity index (χ1n) is 6.57. The molecule has 0 amide bonds. The molecule has 4 nitrogen and oxygen atoms in total. The third-order valence-corrected chi connectivity index (χ3v) is 3.10. The molecule has 1 aliphatic rings. The van der Waals surface area contributed by atoms with E-state index < -0.39 is 17.2 Å². The molecular formula is C14H17F2N3O. The van der Waals surface area contributed by atoms with Crippen LogP contribution < -0.4 is 4.90 Å². The van der Waals surface area contributed by atoms with Crippen LogP contribution in [0.1, 0.15) is 19.4 Å². The van der Waals surface area contributed by atoms with Crippen molar-refractivity contribution < 1.29 is 13.6 Å². The van der Waals surface area contributed by atoms with Gasteiger partial charge in [0, 0.05) is 31.9 Å². The second-order valence-electron chi connectivity index (χ2n) is 4.97. The Kier molecular flexibility index (Phi) is 4.53. The fourth-order valence-corrected chi connectivity index (χ4v) is 2.20. The number of piperazine rings is 1. The van der Waals surface area contributed by atoms with E-state index in [1.165, 1.54) is 18.2 Å². The minimum Gasteiger partial charge on any atom is -0.369 e. The van der Waals surface area contributed by atoms with Crippen molar-refractivity contribution in [1.82, 2.24) is 5.06 Å². The van der Waals surface area contributed by atoms with E-state index in [2.05, 4.69) is 0 Å². The van der Waals surface area contributed by atoms with E-state index in [0.29, 0.717) is 31.9 Å². The lowest BCUT2D eigenvalue weighted by Crippen LogP contribution is -2.47. The largest absolute Gasteiger partial charge is 0.369 e. The topological polar surface area (TPSA) is 39.5 Å². The van der Waals surface area contributed by atoms with Crippen molar-refractivity contribution >= 4 is 5.69 Å². The molecule has 20 heavy (non-hydrogen) atoms. The summed E-state index contributed by atoms with van der Waals surface area (Å²) in [4.78, 5) is 7.46. The van der Waals surface area contributed by atoms with Crippen molar-refractivity contribution in [2.24, 2.45) is 0 Å². The second kappa shape index (κ2) is 6.16. The molecule has 0 unspecified atom stereocenters. The molecule has 0 saturated carbocycles. The first-order chi connectivity index (χ1) is 9.51. The average molecular weight is 281 g/mol. The Bertz CT molecular complexity index is 497. The molecule has 0 N–H and O–H groups in total. The molecule has 108 valence electrons. The van der Waals surface area contributed by atoms with Gasteiger partial charge in [0.1, 0.15) is 23.3 Å². The van der Waals surface area contributed by atoms with Gasteiger partial charge >= 0.3 is 0 Å². The molecule has 0 aliphatic carbocycles. The summed E-state index contributed by atoms with van der Waals surface area (Å²) in [5, 5.41) is 10.5. The van der Waals surface area contributed by atoms with Crippen LogP contribution in [0.3, 0.4) is 0 Å². The Labute approximate surface area is 117 Å². The highest BCUT2D eigenvalue weighted by atomic mass is 19.1. The quantitative estimate of drug-likeness (QED) is 0.852. The minimum atomic E-state index is -0.816. The minimum absolute atomic E-state index is 0.117. The van der Waals surface area contributed by atoms with Crippen molar-refractivity contribution in [2.75, 3.05) is 31.1 Å². The van der Waals surface area contributed by atoms with Gasteiger partial charge in [-0.3, -0.25) is 4.84 Å². The Morgan fingerprint density at radius 3 is 2.15 bits per heavy atom. The molecule has 1 aliphatic heterocycles. The predicted octanol–water partition coefficient (Wildman–Crippen LogP) is 2.30. The number of halogens is 2. The maximum Gasteiger partial charge on any atom is 0.146 e. The van der Waals surface area contributed by atoms with E-state index in [0.717, 1.165) is 0 Å². The zero-order valence-electron chi connectivity index (χ0n) is 11.6. The number of nitrogens with zero attached hydrogens (tertiary/aromatic N) is 3. The lowest BCUT2D eigenvalue weighted by atomic mass is 10.1. The van der Waals surface area contributed by atoms with Crippen LogP contribution in [0.4, 0.5) is 14.5 Å². The van der Waals surface area contributed by atoms with Gasteiger partial charge in [0.15, 0.2) is 0 Å². The number of anilines is 1. The van der Waals surface area contributed by atoms with Crippen LogP contribution in [-0.2, 0) is 4.84 Å². The standard InChI is InChI=1S/C14H17F2N3O/c1-10(2)20-19-5-3-18(4-6-19)11-7-13(15)12(9-17)14(16)8-11/h7-8,10H,3-6H2,1-2H3. The highest BCUT2D eigenvalue weighted by Crippen LogP contribution is 2.23. The Morgan fingerprint density at radius 1 is 1.15 bits per heavy atom. The maximum absolute atomic E-state index is 13.6. The molecule has 0 spiro atoms. The lowest BCUT2D eigenvalue weighted by Gasteiger charge is -2.36. The molecular weight excluding hydrogens is 264 g/mol. The van der Waals surface area contributed by atoms with Gasteiger partial charge in [-0.1, -0.05) is 0 Å². The highest BCUT2D eigenvalue weighted by molar-refractivity contribution is 5.51. The summed E-state index contributed by atoms with van der Waals surface area (Å²) >= 11 is 0. The van der Waals surface area contributed by atoms with E-state index in [1.807, 2.05) is 23.8 Å². The molecule has 0 bridgehead atoms. The second-order valence-corrected chi connectivity index (χ2v) is 4.97. The number of benzene rings is 1. The number of nitriles is 1. The Hall–Kier alpha value is -1.71. The molecule has 0 radical (unpaired) electrons. The smallest absolute Gasteiger partial charge is 0.146 e. The first-order valence-corrected chi connectivity index (χ1v) is 6.57. The highest BCUT2D eigenvalue weighted by Gasteiger charge is 2.20. The molecule has 0 atom stereocenters. The molecule has 1 fully saturated rings. The van der Waals surface area contributed by atoms with Crippen LogP contribution >= 0.6 is 0 Å². The Morgan fingerprint density at radius 2 is 1.70 bits per heavy atom. The van der Waals surface area contributed by atoms with E-state index >= 15 is 0 Å². The summed E-state index contributed by atoms with van der Waals surface area (Å²) in [5.74, 6) is -1.63. The van der Waals surface area contributed by atoms with Gasteiger partial charge in [0.2, 0.25) is 0 Å². The molecule has 1 heterocycles. The van der Waals surface area contributed by atoms with Gasteiger partial charge in [-0.15, -0.1) is 0 Å². The monoisotopic (exact) mass is 281 g/mol.